The van der Waals surface area contributed by atoms with Crippen molar-refractivity contribution in [2.75, 3.05) is 7.05 Å². The van der Waals surface area contributed by atoms with Gasteiger partial charge in [-0.25, -0.2) is 4.58 Å². The molecule has 0 heterocycles. The molecule has 1 unspecified atom stereocenters. The smallest absolute Gasteiger partial charge is 0.173 e. The summed E-state index contributed by atoms with van der Waals surface area (Å²) in [6.45, 7) is 11.0. The normalized spacial score (nSPS) is 13.8. The van der Waals surface area contributed by atoms with E-state index in [1.54, 1.807) is 0 Å². The molecule has 1 nitrogen and oxygen atoms in total. The first kappa shape index (κ1) is 16.4. The van der Waals surface area contributed by atoms with E-state index in [9.17, 15) is 0 Å². The molecule has 0 bridgehead atoms. The second kappa shape index (κ2) is 10.6. The summed E-state index contributed by atoms with van der Waals surface area (Å²) in [5, 5.41) is 0. The van der Waals surface area contributed by atoms with Gasteiger partial charge in [0, 0.05) is 12.3 Å². The molecule has 0 spiro atoms. The summed E-state index contributed by atoms with van der Waals surface area (Å²) in [4.78, 5) is 0. The Labute approximate surface area is 109 Å². The monoisotopic (exact) mass is 238 g/mol. The van der Waals surface area contributed by atoms with Gasteiger partial charge in [0.05, 0.1) is 0 Å². The van der Waals surface area contributed by atoms with Crippen molar-refractivity contribution in [3.05, 3.63) is 12.3 Å². The Bertz CT molecular complexity index is 228. The third-order valence-electron chi connectivity index (χ3n) is 3.45. The molecular formula is C16H32N+. The molecule has 0 aliphatic rings. The van der Waals surface area contributed by atoms with E-state index in [1.165, 1.54) is 50.6 Å². The predicted molar refractivity (Wildman–Crippen MR) is 78.8 cm³/mol. The molecule has 0 fully saturated rings. The molecule has 0 saturated carbocycles. The van der Waals surface area contributed by atoms with E-state index in [2.05, 4.69) is 45.2 Å². The fourth-order valence-electron chi connectivity index (χ4n) is 2.02. The molecule has 100 valence electrons. The Hall–Kier alpha value is -0.590. The molecule has 0 aromatic heterocycles. The van der Waals surface area contributed by atoms with Crippen molar-refractivity contribution in [1.29, 1.82) is 0 Å². The zero-order valence-corrected chi connectivity index (χ0v) is 12.5. The molecule has 0 saturated heterocycles. The third kappa shape index (κ3) is 8.18. The molecule has 1 heteroatoms. The lowest BCUT2D eigenvalue weighted by molar-refractivity contribution is -0.443. The topological polar surface area (TPSA) is 3.01 Å². The molecule has 0 rings (SSSR count). The van der Waals surface area contributed by atoms with Crippen LogP contribution in [-0.2, 0) is 0 Å². The molecule has 0 N–H and O–H groups in total. The van der Waals surface area contributed by atoms with Crippen molar-refractivity contribution < 1.29 is 4.58 Å². The van der Waals surface area contributed by atoms with Crippen molar-refractivity contribution in [2.24, 2.45) is 5.92 Å². The SMILES string of the molecule is C=C(CCCC)[N+](C)=CC(CC)CCCCC. The minimum absolute atomic E-state index is 0.727. The second-order valence-electron chi connectivity index (χ2n) is 5.09. The van der Waals surface area contributed by atoms with Crippen LogP contribution in [-0.4, -0.2) is 17.8 Å². The highest BCUT2D eigenvalue weighted by Crippen LogP contribution is 2.13. The van der Waals surface area contributed by atoms with Crippen molar-refractivity contribution >= 4 is 6.21 Å². The zero-order chi connectivity index (χ0) is 13.1. The van der Waals surface area contributed by atoms with Crippen LogP contribution in [0.25, 0.3) is 0 Å². The van der Waals surface area contributed by atoms with Crippen LogP contribution < -0.4 is 0 Å². The van der Waals surface area contributed by atoms with Crippen molar-refractivity contribution in [3.8, 4) is 0 Å². The van der Waals surface area contributed by atoms with Crippen molar-refractivity contribution in [1.82, 2.24) is 0 Å². The van der Waals surface area contributed by atoms with Gasteiger partial charge in [-0.3, -0.25) is 0 Å². The van der Waals surface area contributed by atoms with Gasteiger partial charge in [-0.2, -0.15) is 0 Å². The minimum atomic E-state index is 0.727. The van der Waals surface area contributed by atoms with Gasteiger partial charge in [0.15, 0.2) is 5.70 Å². The standard InChI is InChI=1S/C16H32N/c1-6-9-11-13-16(8-3)14-17(5)15(4)12-10-7-2/h14,16H,4,6-13H2,1-3,5H3/q+1. The molecular weight excluding hydrogens is 206 g/mol. The van der Waals surface area contributed by atoms with Gasteiger partial charge in [0.1, 0.15) is 13.3 Å². The van der Waals surface area contributed by atoms with Gasteiger partial charge in [0.25, 0.3) is 0 Å². The highest BCUT2D eigenvalue weighted by Gasteiger charge is 2.10. The van der Waals surface area contributed by atoms with Gasteiger partial charge < -0.3 is 0 Å². The third-order valence-corrected chi connectivity index (χ3v) is 3.45. The lowest BCUT2D eigenvalue weighted by Crippen LogP contribution is -2.13. The maximum Gasteiger partial charge on any atom is 0.173 e. The fraction of sp³-hybridized carbons (Fsp3) is 0.812. The summed E-state index contributed by atoms with van der Waals surface area (Å²) >= 11 is 0. The zero-order valence-electron chi connectivity index (χ0n) is 12.5. The van der Waals surface area contributed by atoms with E-state index in [-0.39, 0.29) is 0 Å². The summed E-state index contributed by atoms with van der Waals surface area (Å²) in [6.07, 6.45) is 12.6. The number of nitrogens with zero attached hydrogens (tertiary/aromatic N) is 1. The van der Waals surface area contributed by atoms with Gasteiger partial charge >= 0.3 is 0 Å². The lowest BCUT2D eigenvalue weighted by atomic mass is 10.00. The Morgan fingerprint density at radius 1 is 1.12 bits per heavy atom. The molecule has 0 aliphatic carbocycles. The van der Waals surface area contributed by atoms with Crippen LogP contribution >= 0.6 is 0 Å². The summed E-state index contributed by atoms with van der Waals surface area (Å²) < 4.78 is 2.26. The Kier molecular flexibility index (Phi) is 10.2. The van der Waals surface area contributed by atoms with Crippen molar-refractivity contribution in [3.63, 3.8) is 0 Å². The minimum Gasteiger partial charge on any atom is -0.209 e. The van der Waals surface area contributed by atoms with E-state index in [1.807, 2.05) is 0 Å². The highest BCUT2D eigenvalue weighted by atomic mass is 15.0. The first-order chi connectivity index (χ1) is 8.15. The Morgan fingerprint density at radius 2 is 1.76 bits per heavy atom. The van der Waals surface area contributed by atoms with Gasteiger partial charge in [-0.15, -0.1) is 0 Å². The van der Waals surface area contributed by atoms with Crippen LogP contribution in [0.1, 0.15) is 72.1 Å². The maximum atomic E-state index is 4.17. The second-order valence-corrected chi connectivity index (χ2v) is 5.09. The summed E-state index contributed by atoms with van der Waals surface area (Å²) in [5.41, 5.74) is 1.26. The maximum absolute atomic E-state index is 4.17. The summed E-state index contributed by atoms with van der Waals surface area (Å²) in [5.74, 6) is 0.727. The average molecular weight is 238 g/mol. The van der Waals surface area contributed by atoms with E-state index >= 15 is 0 Å². The largest absolute Gasteiger partial charge is 0.209 e. The number of allylic oxidation sites excluding steroid dienone is 1. The van der Waals surface area contributed by atoms with Crippen molar-refractivity contribution in [2.45, 2.75) is 72.1 Å². The lowest BCUT2D eigenvalue weighted by Gasteiger charge is -2.08. The van der Waals surface area contributed by atoms with Crippen LogP contribution in [0.5, 0.6) is 0 Å². The van der Waals surface area contributed by atoms with E-state index < -0.39 is 0 Å². The Morgan fingerprint density at radius 3 is 2.29 bits per heavy atom. The summed E-state index contributed by atoms with van der Waals surface area (Å²) in [6, 6.07) is 0. The number of hydrogen-bond donors (Lipinski definition) is 0. The van der Waals surface area contributed by atoms with E-state index in [0.29, 0.717) is 0 Å². The molecule has 0 aromatic rings. The van der Waals surface area contributed by atoms with Crippen LogP contribution in [0.4, 0.5) is 0 Å². The predicted octanol–water partition coefficient (Wildman–Crippen LogP) is 5.01. The molecule has 0 aliphatic heterocycles. The van der Waals surface area contributed by atoms with Crippen LogP contribution in [0.15, 0.2) is 12.3 Å². The summed E-state index contributed by atoms with van der Waals surface area (Å²) in [7, 11) is 2.15. The van der Waals surface area contributed by atoms with Crippen LogP contribution in [0, 0.1) is 5.92 Å². The van der Waals surface area contributed by atoms with Crippen LogP contribution in [0.2, 0.25) is 0 Å². The van der Waals surface area contributed by atoms with Gasteiger partial charge in [-0.1, -0.05) is 46.5 Å². The number of hydrogen-bond acceptors (Lipinski definition) is 0. The molecule has 0 amide bonds. The molecule has 17 heavy (non-hydrogen) atoms. The molecule has 1 atom stereocenters. The van der Waals surface area contributed by atoms with Gasteiger partial charge in [-0.05, 0) is 25.8 Å². The number of unbranched alkanes of at least 4 members (excludes halogenated alkanes) is 3. The van der Waals surface area contributed by atoms with E-state index in [4.69, 9.17) is 0 Å². The fourth-order valence-corrected chi connectivity index (χ4v) is 2.02. The number of rotatable bonds is 10. The first-order valence-electron chi connectivity index (χ1n) is 7.41. The quantitative estimate of drug-likeness (QED) is 0.286. The molecule has 0 aromatic carbocycles. The van der Waals surface area contributed by atoms with Gasteiger partial charge in [0.2, 0.25) is 0 Å². The average Bonchev–Trinajstić information content (AvgIpc) is 2.34. The Balaban J connectivity index is 4.14. The van der Waals surface area contributed by atoms with Crippen LogP contribution in [0.3, 0.4) is 0 Å². The first-order valence-corrected chi connectivity index (χ1v) is 7.41. The highest BCUT2D eigenvalue weighted by molar-refractivity contribution is 5.55. The van der Waals surface area contributed by atoms with E-state index in [0.717, 1.165) is 12.3 Å². The molecule has 0 radical (unpaired) electrons.